The van der Waals surface area contributed by atoms with Crippen LogP contribution in [0.3, 0.4) is 0 Å². The average Bonchev–Trinajstić information content (AvgIpc) is 2.92. The lowest BCUT2D eigenvalue weighted by Gasteiger charge is -2.24. The van der Waals surface area contributed by atoms with Crippen LogP contribution >= 0.6 is 0 Å². The molecule has 0 heterocycles. The molecule has 1 aliphatic carbocycles. The van der Waals surface area contributed by atoms with Crippen LogP contribution in [0.15, 0.2) is 41.4 Å². The van der Waals surface area contributed by atoms with E-state index in [1.54, 1.807) is 44.6 Å². The summed E-state index contributed by atoms with van der Waals surface area (Å²) in [5.41, 5.74) is 7.59. The summed E-state index contributed by atoms with van der Waals surface area (Å²) in [6, 6.07) is 9.14. The summed E-state index contributed by atoms with van der Waals surface area (Å²) in [6.07, 6.45) is 6.87. The number of carbonyl (C=O) groups is 2. The smallest absolute Gasteiger partial charge is 0.231 e. The van der Waals surface area contributed by atoms with E-state index >= 15 is 0 Å². The zero-order chi connectivity index (χ0) is 27.5. The summed E-state index contributed by atoms with van der Waals surface area (Å²) in [7, 11) is 4.49. The molecule has 0 unspecified atom stereocenters. The van der Waals surface area contributed by atoms with Crippen molar-refractivity contribution in [3.63, 3.8) is 0 Å². The molecule has 0 aromatic heterocycles. The quantitative estimate of drug-likeness (QED) is 0.313. The fraction of sp³-hybridized carbons (Fsp3) is 0.483. The number of carbonyl (C=O) groups excluding carboxylic acids is 2. The Morgan fingerprint density at radius 1 is 1.00 bits per heavy atom. The average molecular weight is 528 g/mol. The first-order valence-electron chi connectivity index (χ1n) is 13.0. The fourth-order valence-electron chi connectivity index (χ4n) is 4.83. The number of nitrogens with two attached hydrogens (primary N) is 1. The van der Waals surface area contributed by atoms with Gasteiger partial charge in [-0.2, -0.15) is 0 Å². The highest BCUT2D eigenvalue weighted by Gasteiger charge is 2.24. The highest BCUT2D eigenvalue weighted by molar-refractivity contribution is 5.98. The number of aryl methyl sites for hydroxylation is 1. The van der Waals surface area contributed by atoms with E-state index in [1.165, 1.54) is 19.6 Å². The number of aliphatic imine (C=N–C) groups is 1. The second-order valence-corrected chi connectivity index (χ2v) is 9.65. The van der Waals surface area contributed by atoms with Crippen LogP contribution < -0.4 is 25.3 Å². The monoisotopic (exact) mass is 527 g/mol. The zero-order valence-electron chi connectivity index (χ0n) is 22.4. The third-order valence-electron chi connectivity index (χ3n) is 6.87. The molecule has 3 rings (SSSR count). The second kappa shape index (κ2) is 14.4. The standard InChI is InChI=1S/C29H38FN3O5/c1-36-22-13-21(14-23(18-22)37-2)17-28(35)33-29(31)32-25(15-19-7-5-4-6-8-19)26(34)12-10-20-9-11-24(30)27(16-20)38-3/h9,11,13-14,16,18-19,25H,4-8,10,12,15,17H2,1-3H3,(H3,31,32,33,35)/t25-/m1/s1. The molecule has 3 N–H and O–H groups in total. The molecule has 0 spiro atoms. The number of halogens is 1. The molecule has 0 bridgehead atoms. The second-order valence-electron chi connectivity index (χ2n) is 9.65. The lowest BCUT2D eigenvalue weighted by Crippen LogP contribution is -2.40. The predicted molar refractivity (Wildman–Crippen MR) is 144 cm³/mol. The third-order valence-corrected chi connectivity index (χ3v) is 6.87. The number of amides is 1. The third kappa shape index (κ3) is 8.75. The van der Waals surface area contributed by atoms with E-state index in [0.29, 0.717) is 35.8 Å². The van der Waals surface area contributed by atoms with Crippen LogP contribution in [-0.4, -0.2) is 45.0 Å². The number of nitrogens with one attached hydrogen (secondary N) is 1. The SMILES string of the molecule is COc1cc(CC(=O)NC(N)=N[C@H](CC2CCCCC2)C(=O)CCc2ccc(F)c(OC)c2)cc(OC)c1. The van der Waals surface area contributed by atoms with Crippen molar-refractivity contribution in [2.24, 2.45) is 16.6 Å². The Balaban J connectivity index is 1.68. The van der Waals surface area contributed by atoms with Gasteiger partial charge >= 0.3 is 0 Å². The summed E-state index contributed by atoms with van der Waals surface area (Å²) in [6.45, 7) is 0. The first-order valence-corrected chi connectivity index (χ1v) is 13.0. The molecule has 1 amide bonds. The topological polar surface area (TPSA) is 112 Å². The Morgan fingerprint density at radius 2 is 1.68 bits per heavy atom. The van der Waals surface area contributed by atoms with Gasteiger partial charge in [-0.1, -0.05) is 38.2 Å². The van der Waals surface area contributed by atoms with E-state index in [-0.39, 0.29) is 36.2 Å². The van der Waals surface area contributed by atoms with E-state index in [4.69, 9.17) is 19.9 Å². The van der Waals surface area contributed by atoms with E-state index in [9.17, 15) is 14.0 Å². The highest BCUT2D eigenvalue weighted by atomic mass is 19.1. The molecule has 2 aromatic carbocycles. The summed E-state index contributed by atoms with van der Waals surface area (Å²) in [4.78, 5) is 30.4. The highest BCUT2D eigenvalue weighted by Crippen LogP contribution is 2.29. The predicted octanol–water partition coefficient (Wildman–Crippen LogP) is 4.37. The minimum absolute atomic E-state index is 0.0391. The normalized spacial score (nSPS) is 15.0. The summed E-state index contributed by atoms with van der Waals surface area (Å²) in [5.74, 6) is 0.738. The van der Waals surface area contributed by atoms with Gasteiger partial charge in [-0.05, 0) is 54.2 Å². The van der Waals surface area contributed by atoms with Gasteiger partial charge in [0.15, 0.2) is 23.3 Å². The Hall–Kier alpha value is -3.62. The van der Waals surface area contributed by atoms with E-state index < -0.39 is 11.9 Å². The van der Waals surface area contributed by atoms with Crippen molar-refractivity contribution in [2.45, 2.75) is 63.8 Å². The fourth-order valence-corrected chi connectivity index (χ4v) is 4.83. The van der Waals surface area contributed by atoms with Gasteiger partial charge in [0.05, 0.1) is 27.8 Å². The number of ketones is 1. The van der Waals surface area contributed by atoms with Crippen molar-refractivity contribution in [1.29, 1.82) is 0 Å². The molecule has 8 nitrogen and oxygen atoms in total. The van der Waals surface area contributed by atoms with Gasteiger partial charge in [0.1, 0.15) is 17.5 Å². The lowest BCUT2D eigenvalue weighted by molar-refractivity contribution is -0.121. The maximum atomic E-state index is 13.7. The maximum Gasteiger partial charge on any atom is 0.231 e. The number of guanidine groups is 1. The molecule has 1 atom stereocenters. The van der Waals surface area contributed by atoms with Crippen molar-refractivity contribution in [3.8, 4) is 17.2 Å². The number of nitrogens with zero attached hydrogens (tertiary/aromatic N) is 1. The molecule has 38 heavy (non-hydrogen) atoms. The van der Waals surface area contributed by atoms with Gasteiger partial charge < -0.3 is 19.9 Å². The summed E-state index contributed by atoms with van der Waals surface area (Å²) >= 11 is 0. The van der Waals surface area contributed by atoms with E-state index in [1.807, 2.05) is 0 Å². The number of rotatable bonds is 12. The molecule has 0 saturated heterocycles. The minimum atomic E-state index is -0.655. The minimum Gasteiger partial charge on any atom is -0.497 e. The molecular weight excluding hydrogens is 489 g/mol. The van der Waals surface area contributed by atoms with Gasteiger partial charge in [0.25, 0.3) is 0 Å². The molecule has 2 aromatic rings. The van der Waals surface area contributed by atoms with Gasteiger partial charge in [-0.15, -0.1) is 0 Å². The first kappa shape index (κ1) is 28.9. The van der Waals surface area contributed by atoms with E-state index in [0.717, 1.165) is 31.2 Å². The largest absolute Gasteiger partial charge is 0.497 e. The molecule has 9 heteroatoms. The molecule has 1 saturated carbocycles. The van der Waals surface area contributed by atoms with Crippen LogP contribution in [0, 0.1) is 11.7 Å². The number of hydrogen-bond acceptors (Lipinski definition) is 6. The maximum absolute atomic E-state index is 13.7. The Labute approximate surface area is 223 Å². The van der Waals surface area contributed by atoms with Gasteiger partial charge in [-0.25, -0.2) is 9.38 Å². The number of Topliss-reactive ketones (excluding diaryl/α,β-unsaturated/α-hetero) is 1. The van der Waals surface area contributed by atoms with Crippen molar-refractivity contribution in [3.05, 3.63) is 53.3 Å². The van der Waals surface area contributed by atoms with Crippen LogP contribution in [0.1, 0.15) is 56.1 Å². The van der Waals surface area contributed by atoms with Crippen LogP contribution in [0.2, 0.25) is 0 Å². The summed E-state index contributed by atoms with van der Waals surface area (Å²) < 4.78 is 29.3. The van der Waals surface area contributed by atoms with Crippen LogP contribution in [0.25, 0.3) is 0 Å². The van der Waals surface area contributed by atoms with Crippen molar-refractivity contribution < 1.29 is 28.2 Å². The van der Waals surface area contributed by atoms with E-state index in [2.05, 4.69) is 10.3 Å². The van der Waals surface area contributed by atoms with Crippen LogP contribution in [0.4, 0.5) is 4.39 Å². The van der Waals surface area contributed by atoms with Crippen LogP contribution in [0.5, 0.6) is 17.2 Å². The van der Waals surface area contributed by atoms with Crippen molar-refractivity contribution >= 4 is 17.6 Å². The number of methoxy groups -OCH3 is 3. The van der Waals surface area contributed by atoms with Crippen molar-refractivity contribution in [1.82, 2.24) is 5.32 Å². The Morgan fingerprint density at radius 3 is 2.32 bits per heavy atom. The van der Waals surface area contributed by atoms with Gasteiger partial charge in [0.2, 0.25) is 5.91 Å². The van der Waals surface area contributed by atoms with Gasteiger partial charge in [0, 0.05) is 12.5 Å². The number of ether oxygens (including phenoxy) is 3. The molecular formula is C29H38FN3O5. The van der Waals surface area contributed by atoms with Crippen LogP contribution in [-0.2, 0) is 22.4 Å². The van der Waals surface area contributed by atoms with Crippen molar-refractivity contribution in [2.75, 3.05) is 21.3 Å². The molecule has 1 fully saturated rings. The Kier molecular flexibility index (Phi) is 10.9. The molecule has 1 aliphatic rings. The molecule has 0 radical (unpaired) electrons. The Bertz CT molecular complexity index is 1110. The van der Waals surface area contributed by atoms with Gasteiger partial charge in [-0.3, -0.25) is 14.9 Å². The number of hydrogen-bond donors (Lipinski definition) is 2. The molecule has 0 aliphatic heterocycles. The number of benzene rings is 2. The zero-order valence-corrected chi connectivity index (χ0v) is 22.4. The summed E-state index contributed by atoms with van der Waals surface area (Å²) in [5, 5.41) is 2.62. The molecule has 206 valence electrons. The first-order chi connectivity index (χ1) is 18.3. The lowest BCUT2D eigenvalue weighted by atomic mass is 9.83.